The summed E-state index contributed by atoms with van der Waals surface area (Å²) in [7, 11) is 2.61. The first-order valence-electron chi connectivity index (χ1n) is 11.6. The van der Waals surface area contributed by atoms with Crippen LogP contribution in [0.3, 0.4) is 0 Å². The van der Waals surface area contributed by atoms with Gasteiger partial charge in [-0.15, -0.1) is 0 Å². The molecule has 186 valence electrons. The zero-order chi connectivity index (χ0) is 26.2. The van der Waals surface area contributed by atoms with Crippen molar-refractivity contribution in [2.24, 2.45) is 0 Å². The number of hydrogen-bond acceptors (Lipinski definition) is 8. The van der Waals surface area contributed by atoms with E-state index < -0.39 is 11.9 Å². The number of pyridine rings is 2. The maximum absolute atomic E-state index is 12.6. The van der Waals surface area contributed by atoms with Gasteiger partial charge in [0, 0.05) is 0 Å². The Kier molecular flexibility index (Phi) is 5.61. The highest BCUT2D eigenvalue weighted by atomic mass is 16.5. The van der Waals surface area contributed by atoms with Crippen molar-refractivity contribution in [3.05, 3.63) is 83.9 Å². The van der Waals surface area contributed by atoms with E-state index in [1.807, 2.05) is 48.5 Å². The van der Waals surface area contributed by atoms with Crippen LogP contribution >= 0.6 is 0 Å². The third-order valence-electron chi connectivity index (χ3n) is 6.02. The lowest BCUT2D eigenvalue weighted by molar-refractivity contribution is 0.0591. The molecule has 6 rings (SSSR count). The van der Waals surface area contributed by atoms with Gasteiger partial charge in [-0.05, 0) is 48.5 Å². The Bertz CT molecular complexity index is 1650. The number of H-pyrrole nitrogens is 2. The molecule has 0 amide bonds. The van der Waals surface area contributed by atoms with E-state index in [1.165, 1.54) is 14.2 Å². The lowest BCUT2D eigenvalue weighted by atomic mass is 10.1. The lowest BCUT2D eigenvalue weighted by Crippen LogP contribution is -2.06. The minimum absolute atomic E-state index is 0.253. The van der Waals surface area contributed by atoms with E-state index in [9.17, 15) is 9.59 Å². The summed E-state index contributed by atoms with van der Waals surface area (Å²) in [5.74, 6) is -0.153. The number of nitrogens with one attached hydrogen (secondary N) is 2. The van der Waals surface area contributed by atoms with Gasteiger partial charge < -0.3 is 19.4 Å². The van der Waals surface area contributed by atoms with E-state index >= 15 is 0 Å². The summed E-state index contributed by atoms with van der Waals surface area (Å²) >= 11 is 0. The smallest absolute Gasteiger partial charge is 0.338 e. The topological polar surface area (TPSA) is 136 Å². The predicted octanol–water partition coefficient (Wildman–Crippen LogP) is 4.80. The Balaban J connectivity index is 1.55. The summed E-state index contributed by atoms with van der Waals surface area (Å²) in [6, 6.07) is 21.4. The van der Waals surface area contributed by atoms with E-state index in [2.05, 4.69) is 19.9 Å². The molecular formula is C28H20N6O4. The molecule has 0 spiro atoms. The molecule has 10 nitrogen and oxygen atoms in total. The monoisotopic (exact) mass is 504 g/mol. The molecule has 0 aliphatic rings. The number of methoxy groups -OCH3 is 2. The first-order valence-corrected chi connectivity index (χ1v) is 11.6. The number of para-hydroxylation sites is 4. The minimum atomic E-state index is -0.548. The van der Waals surface area contributed by atoms with E-state index in [-0.39, 0.29) is 11.1 Å². The molecule has 6 aromatic rings. The van der Waals surface area contributed by atoms with Crippen LogP contribution < -0.4 is 0 Å². The van der Waals surface area contributed by atoms with Gasteiger partial charge in [0.25, 0.3) is 0 Å². The number of imidazole rings is 2. The van der Waals surface area contributed by atoms with Crippen LogP contribution in [0.2, 0.25) is 0 Å². The molecule has 0 saturated carbocycles. The van der Waals surface area contributed by atoms with E-state index in [4.69, 9.17) is 19.4 Å². The number of benzene rings is 2. The number of carbonyl (C=O) groups excluding carboxylic acids is 2. The molecule has 0 unspecified atom stereocenters. The number of carbonyl (C=O) groups is 2. The van der Waals surface area contributed by atoms with Crippen molar-refractivity contribution in [1.29, 1.82) is 0 Å². The first kappa shape index (κ1) is 23.0. The second kappa shape index (κ2) is 9.25. The van der Waals surface area contributed by atoms with Crippen LogP contribution in [-0.4, -0.2) is 56.1 Å². The molecule has 0 atom stereocenters. The number of aromatic amines is 2. The Hall–Kier alpha value is -5.38. The molecule has 10 heteroatoms. The summed E-state index contributed by atoms with van der Waals surface area (Å²) in [6.07, 6.45) is 0. The summed E-state index contributed by atoms with van der Waals surface area (Å²) in [4.78, 5) is 50.3. The van der Waals surface area contributed by atoms with Crippen LogP contribution in [0.4, 0.5) is 0 Å². The average Bonchev–Trinajstić information content (AvgIpc) is 3.60. The molecule has 0 bridgehead atoms. The van der Waals surface area contributed by atoms with Gasteiger partial charge >= 0.3 is 11.9 Å². The third-order valence-corrected chi connectivity index (χ3v) is 6.02. The van der Waals surface area contributed by atoms with Crippen LogP contribution in [-0.2, 0) is 9.47 Å². The number of hydrogen-bond donors (Lipinski definition) is 2. The highest BCUT2D eigenvalue weighted by Gasteiger charge is 2.19. The molecular weight excluding hydrogens is 484 g/mol. The van der Waals surface area contributed by atoms with Crippen LogP contribution in [0.1, 0.15) is 20.7 Å². The second-order valence-corrected chi connectivity index (χ2v) is 8.44. The van der Waals surface area contributed by atoms with E-state index in [0.717, 1.165) is 22.1 Å². The Morgan fingerprint density at radius 3 is 1.37 bits per heavy atom. The summed E-state index contributed by atoms with van der Waals surface area (Å²) in [5.41, 5.74) is 5.17. The molecule has 2 N–H and O–H groups in total. The third kappa shape index (κ3) is 4.13. The lowest BCUT2D eigenvalue weighted by Gasteiger charge is -2.09. The van der Waals surface area contributed by atoms with Gasteiger partial charge in [0.2, 0.25) is 0 Å². The zero-order valence-corrected chi connectivity index (χ0v) is 20.4. The molecule has 4 heterocycles. The van der Waals surface area contributed by atoms with Crippen molar-refractivity contribution >= 4 is 34.0 Å². The first-order chi connectivity index (χ1) is 18.5. The summed E-state index contributed by atoms with van der Waals surface area (Å²) in [5, 5.41) is 0. The fraction of sp³-hybridized carbons (Fsp3) is 0.0714. The normalized spacial score (nSPS) is 11.1. The van der Waals surface area contributed by atoms with Crippen LogP contribution in [0.25, 0.3) is 56.5 Å². The quantitative estimate of drug-likeness (QED) is 0.320. The van der Waals surface area contributed by atoms with Crippen LogP contribution in [0.15, 0.2) is 72.8 Å². The van der Waals surface area contributed by atoms with Gasteiger partial charge in [-0.25, -0.2) is 29.5 Å². The van der Waals surface area contributed by atoms with Crippen molar-refractivity contribution in [2.45, 2.75) is 0 Å². The average molecular weight is 505 g/mol. The van der Waals surface area contributed by atoms with Crippen LogP contribution in [0, 0.1) is 0 Å². The molecule has 2 aromatic carbocycles. The number of esters is 2. The Morgan fingerprint density at radius 1 is 0.579 bits per heavy atom. The van der Waals surface area contributed by atoms with Gasteiger partial charge in [-0.1, -0.05) is 24.3 Å². The summed E-state index contributed by atoms with van der Waals surface area (Å²) < 4.78 is 9.95. The predicted molar refractivity (Wildman–Crippen MR) is 140 cm³/mol. The largest absolute Gasteiger partial charge is 0.465 e. The molecule has 0 fully saturated rings. The maximum Gasteiger partial charge on any atom is 0.338 e. The van der Waals surface area contributed by atoms with Crippen molar-refractivity contribution < 1.29 is 19.1 Å². The van der Waals surface area contributed by atoms with Crippen LogP contribution in [0.5, 0.6) is 0 Å². The second-order valence-electron chi connectivity index (χ2n) is 8.44. The highest BCUT2D eigenvalue weighted by molar-refractivity contribution is 5.94. The van der Waals surface area contributed by atoms with E-state index in [1.54, 1.807) is 24.3 Å². The number of ether oxygens (including phenoxy) is 2. The van der Waals surface area contributed by atoms with Crippen molar-refractivity contribution in [2.75, 3.05) is 14.2 Å². The molecule has 0 aliphatic carbocycles. The molecule has 4 aromatic heterocycles. The van der Waals surface area contributed by atoms with Gasteiger partial charge in [0.05, 0.1) is 58.8 Å². The number of rotatable bonds is 5. The zero-order valence-electron chi connectivity index (χ0n) is 20.4. The number of fused-ring (bicyclic) bond motifs is 2. The van der Waals surface area contributed by atoms with Gasteiger partial charge in [-0.2, -0.15) is 0 Å². The number of aromatic nitrogens is 6. The Morgan fingerprint density at radius 2 is 0.974 bits per heavy atom. The molecule has 38 heavy (non-hydrogen) atoms. The van der Waals surface area contributed by atoms with E-state index in [0.29, 0.717) is 34.4 Å². The molecule has 0 radical (unpaired) electrons. The molecule has 0 aliphatic heterocycles. The van der Waals surface area contributed by atoms with Crippen molar-refractivity contribution in [3.63, 3.8) is 0 Å². The van der Waals surface area contributed by atoms with Gasteiger partial charge in [-0.3, -0.25) is 0 Å². The van der Waals surface area contributed by atoms with Crippen molar-refractivity contribution in [1.82, 2.24) is 29.9 Å². The number of nitrogens with zero attached hydrogens (tertiary/aromatic N) is 4. The Labute approximate surface area is 215 Å². The van der Waals surface area contributed by atoms with Crippen molar-refractivity contribution in [3.8, 4) is 34.4 Å². The van der Waals surface area contributed by atoms with Gasteiger partial charge in [0.1, 0.15) is 11.4 Å². The highest BCUT2D eigenvalue weighted by Crippen LogP contribution is 2.28. The molecule has 0 saturated heterocycles. The standard InChI is InChI=1S/C28H20N6O4/c1-37-27(35)15-11-21(29-23(13-15)25-31-17-7-3-4-8-18(17)32-25)22-12-16(28(36)38-2)14-24(30-22)26-33-19-9-5-6-10-20(19)34-26/h3-14H,1-2H3,(H,31,32)(H,33,34). The SMILES string of the molecule is COC(=O)c1cc(-c2cc(C(=O)OC)cc(-c3nc4ccccc4[nH]3)n2)nc(-c2nc3ccccc3[nH]2)c1. The fourth-order valence-electron chi connectivity index (χ4n) is 4.19. The summed E-state index contributed by atoms with van der Waals surface area (Å²) in [6.45, 7) is 0. The maximum atomic E-state index is 12.6. The minimum Gasteiger partial charge on any atom is -0.465 e. The van der Waals surface area contributed by atoms with Gasteiger partial charge in [0.15, 0.2) is 11.6 Å². The fourth-order valence-corrected chi connectivity index (χ4v) is 4.19.